The molecule has 1 aliphatic heterocycles. The zero-order valence-corrected chi connectivity index (χ0v) is 14.7. The average molecular weight is 346 g/mol. The van der Waals surface area contributed by atoms with Crippen LogP contribution in [0.4, 0.5) is 11.4 Å². The lowest BCUT2D eigenvalue weighted by molar-refractivity contribution is -0.384. The minimum atomic E-state index is -0.397. The molecule has 1 aromatic carbocycles. The molecule has 1 saturated carbocycles. The van der Waals surface area contributed by atoms with Crippen LogP contribution in [0.1, 0.15) is 42.5 Å². The van der Waals surface area contributed by atoms with E-state index in [1.807, 2.05) is 7.05 Å². The normalized spacial score (nSPS) is 19.6. The number of nitro benzene ring substituents is 1. The Labute approximate surface area is 148 Å². The van der Waals surface area contributed by atoms with Gasteiger partial charge in [0.05, 0.1) is 4.92 Å². The highest BCUT2D eigenvalue weighted by molar-refractivity contribution is 5.95. The molecule has 1 N–H and O–H groups in total. The molecule has 1 heterocycles. The number of rotatable bonds is 4. The van der Waals surface area contributed by atoms with Crippen LogP contribution in [0.3, 0.4) is 0 Å². The third-order valence-corrected chi connectivity index (χ3v) is 5.20. The Hall–Kier alpha value is -2.15. The van der Waals surface area contributed by atoms with Crippen molar-refractivity contribution in [1.82, 2.24) is 9.80 Å². The van der Waals surface area contributed by atoms with Gasteiger partial charge in [-0.25, -0.2) is 0 Å². The minimum Gasteiger partial charge on any atom is -0.377 e. The lowest BCUT2D eigenvalue weighted by atomic mass is 9.95. The van der Waals surface area contributed by atoms with Gasteiger partial charge in [-0.2, -0.15) is 0 Å². The van der Waals surface area contributed by atoms with Gasteiger partial charge in [-0.05, 0) is 32.0 Å². The van der Waals surface area contributed by atoms with E-state index in [1.165, 1.54) is 12.5 Å². The molecule has 0 aromatic heterocycles. The number of benzene rings is 1. The van der Waals surface area contributed by atoms with Crippen LogP contribution in [0.25, 0.3) is 0 Å². The average Bonchev–Trinajstić information content (AvgIpc) is 2.63. The second-order valence-corrected chi connectivity index (χ2v) is 7.06. The number of carbonyl (C=O) groups excluding carboxylic acids is 1. The molecule has 25 heavy (non-hydrogen) atoms. The molecule has 0 unspecified atom stereocenters. The van der Waals surface area contributed by atoms with Crippen LogP contribution in [0.2, 0.25) is 0 Å². The van der Waals surface area contributed by atoms with Crippen molar-refractivity contribution in [1.29, 1.82) is 0 Å². The van der Waals surface area contributed by atoms with Crippen LogP contribution in [0, 0.1) is 10.1 Å². The summed E-state index contributed by atoms with van der Waals surface area (Å²) >= 11 is 0. The van der Waals surface area contributed by atoms with Crippen molar-refractivity contribution >= 4 is 17.3 Å². The predicted octanol–water partition coefficient (Wildman–Crippen LogP) is 2.73. The van der Waals surface area contributed by atoms with E-state index in [2.05, 4.69) is 10.2 Å². The topological polar surface area (TPSA) is 78.7 Å². The van der Waals surface area contributed by atoms with Crippen LogP contribution < -0.4 is 5.32 Å². The molecule has 7 nitrogen and oxygen atoms in total. The van der Waals surface area contributed by atoms with Gasteiger partial charge in [0, 0.05) is 43.9 Å². The Bertz CT molecular complexity index is 635. The van der Waals surface area contributed by atoms with Gasteiger partial charge in [0.1, 0.15) is 5.69 Å². The number of anilines is 1. The number of likely N-dealkylation sites (N-methyl/N-ethyl adjacent to an activating group) is 1. The summed E-state index contributed by atoms with van der Waals surface area (Å²) in [6.07, 6.45) is 5.63. The molecule has 2 fully saturated rings. The predicted molar refractivity (Wildman–Crippen MR) is 97.0 cm³/mol. The first-order chi connectivity index (χ1) is 12.0. The van der Waals surface area contributed by atoms with Gasteiger partial charge < -0.3 is 15.1 Å². The van der Waals surface area contributed by atoms with Crippen molar-refractivity contribution < 1.29 is 9.72 Å². The van der Waals surface area contributed by atoms with E-state index in [4.69, 9.17) is 0 Å². The summed E-state index contributed by atoms with van der Waals surface area (Å²) in [7, 11) is 2.03. The lowest BCUT2D eigenvalue weighted by Gasteiger charge is -2.32. The number of hydrogen-bond donors (Lipinski definition) is 1. The van der Waals surface area contributed by atoms with E-state index >= 15 is 0 Å². The van der Waals surface area contributed by atoms with E-state index in [1.54, 1.807) is 17.0 Å². The van der Waals surface area contributed by atoms with Gasteiger partial charge in [0.2, 0.25) is 0 Å². The Kier molecular flexibility index (Phi) is 5.53. The van der Waals surface area contributed by atoms with E-state index in [0.29, 0.717) is 24.3 Å². The van der Waals surface area contributed by atoms with Gasteiger partial charge >= 0.3 is 0 Å². The van der Waals surface area contributed by atoms with Gasteiger partial charge in [0.15, 0.2) is 0 Å². The van der Waals surface area contributed by atoms with Crippen molar-refractivity contribution in [3.8, 4) is 0 Å². The Morgan fingerprint density at radius 3 is 2.48 bits per heavy atom. The molecule has 0 atom stereocenters. The number of amides is 1. The van der Waals surface area contributed by atoms with Crippen molar-refractivity contribution in [2.45, 2.75) is 38.1 Å². The highest BCUT2D eigenvalue weighted by Crippen LogP contribution is 2.29. The Balaban J connectivity index is 1.76. The molecule has 1 saturated heterocycles. The number of nitro groups is 1. The summed E-state index contributed by atoms with van der Waals surface area (Å²) in [5.74, 6) is -0.125. The first kappa shape index (κ1) is 17.7. The van der Waals surface area contributed by atoms with Crippen molar-refractivity contribution in [3.05, 3.63) is 33.9 Å². The molecular formula is C18H26N4O3. The van der Waals surface area contributed by atoms with Crippen LogP contribution in [-0.4, -0.2) is 59.9 Å². The van der Waals surface area contributed by atoms with Crippen molar-refractivity contribution in [3.63, 3.8) is 0 Å². The van der Waals surface area contributed by atoms with Crippen LogP contribution in [0.15, 0.2) is 18.2 Å². The second-order valence-electron chi connectivity index (χ2n) is 7.06. The molecular weight excluding hydrogens is 320 g/mol. The smallest absolute Gasteiger partial charge is 0.293 e. The first-order valence-corrected chi connectivity index (χ1v) is 9.07. The number of hydrogen-bond acceptors (Lipinski definition) is 5. The minimum absolute atomic E-state index is 0.00875. The van der Waals surface area contributed by atoms with Crippen LogP contribution >= 0.6 is 0 Å². The summed E-state index contributed by atoms with van der Waals surface area (Å²) < 4.78 is 0. The molecule has 1 aromatic rings. The standard InChI is InChI=1S/C18H26N4O3/c1-20-9-11-21(12-10-20)18(23)14-7-8-16(17(13-14)22(24)25)19-15-5-3-2-4-6-15/h7-8,13,15,19H,2-6,9-12H2,1H3. The maximum Gasteiger partial charge on any atom is 0.293 e. The molecule has 2 aliphatic rings. The van der Waals surface area contributed by atoms with Crippen molar-refractivity contribution in [2.75, 3.05) is 38.5 Å². The fraction of sp³-hybridized carbons (Fsp3) is 0.611. The highest BCUT2D eigenvalue weighted by atomic mass is 16.6. The molecule has 3 rings (SSSR count). The maximum atomic E-state index is 12.6. The fourth-order valence-corrected chi connectivity index (χ4v) is 3.60. The quantitative estimate of drug-likeness (QED) is 0.670. The van der Waals surface area contributed by atoms with Crippen LogP contribution in [0.5, 0.6) is 0 Å². The summed E-state index contributed by atoms with van der Waals surface area (Å²) in [5.41, 5.74) is 0.905. The molecule has 136 valence electrons. The molecule has 1 amide bonds. The second kappa shape index (κ2) is 7.82. The van der Waals surface area contributed by atoms with Crippen molar-refractivity contribution in [2.24, 2.45) is 0 Å². The van der Waals surface area contributed by atoms with Gasteiger partial charge in [-0.15, -0.1) is 0 Å². The highest BCUT2D eigenvalue weighted by Gasteiger charge is 2.24. The monoisotopic (exact) mass is 346 g/mol. The third-order valence-electron chi connectivity index (χ3n) is 5.20. The number of carbonyl (C=O) groups is 1. The SMILES string of the molecule is CN1CCN(C(=O)c2ccc(NC3CCCCC3)c([N+](=O)[O-])c2)CC1. The Morgan fingerprint density at radius 1 is 1.16 bits per heavy atom. The summed E-state index contributed by atoms with van der Waals surface area (Å²) in [5, 5.41) is 14.8. The zero-order chi connectivity index (χ0) is 17.8. The molecule has 1 aliphatic carbocycles. The van der Waals surface area contributed by atoms with E-state index in [-0.39, 0.29) is 17.6 Å². The van der Waals surface area contributed by atoms with Gasteiger partial charge in [-0.3, -0.25) is 14.9 Å². The summed E-state index contributed by atoms with van der Waals surface area (Å²) in [6.45, 7) is 2.97. The summed E-state index contributed by atoms with van der Waals surface area (Å²) in [4.78, 5) is 27.7. The number of nitrogens with one attached hydrogen (secondary N) is 1. The molecule has 0 spiro atoms. The third kappa shape index (κ3) is 4.28. The summed E-state index contributed by atoms with van der Waals surface area (Å²) in [6, 6.07) is 5.10. The number of piperazine rings is 1. The van der Waals surface area contributed by atoms with E-state index in [9.17, 15) is 14.9 Å². The van der Waals surface area contributed by atoms with Crippen LogP contribution in [-0.2, 0) is 0 Å². The molecule has 0 bridgehead atoms. The molecule has 0 radical (unpaired) electrons. The molecule has 7 heteroatoms. The zero-order valence-electron chi connectivity index (χ0n) is 14.7. The lowest BCUT2D eigenvalue weighted by Crippen LogP contribution is -2.47. The van der Waals surface area contributed by atoms with Gasteiger partial charge in [-0.1, -0.05) is 19.3 Å². The fourth-order valence-electron chi connectivity index (χ4n) is 3.60. The van der Waals surface area contributed by atoms with E-state index in [0.717, 1.165) is 38.8 Å². The van der Waals surface area contributed by atoms with Gasteiger partial charge in [0.25, 0.3) is 11.6 Å². The Morgan fingerprint density at radius 2 is 1.84 bits per heavy atom. The van der Waals surface area contributed by atoms with E-state index < -0.39 is 4.92 Å². The first-order valence-electron chi connectivity index (χ1n) is 9.07. The maximum absolute atomic E-state index is 12.6. The number of nitrogens with zero attached hydrogens (tertiary/aromatic N) is 3. The largest absolute Gasteiger partial charge is 0.377 e.